The Bertz CT molecular complexity index is 662. The van der Waals surface area contributed by atoms with Gasteiger partial charge >= 0.3 is 0 Å². The number of nitrogens with one attached hydrogen (secondary N) is 2. The fraction of sp³-hybridized carbons (Fsp3) is 0.357. The monoisotopic (exact) mass is 400 g/mol. The largest absolute Gasteiger partial charge is 0.393 e. The van der Waals surface area contributed by atoms with E-state index in [9.17, 15) is 9.90 Å². The van der Waals surface area contributed by atoms with E-state index >= 15 is 0 Å². The number of hydrogen-bond donors (Lipinski definition) is 3. The molecule has 6 heteroatoms. The Balaban J connectivity index is 1.76. The molecular weight excluding hydrogens is 388 g/mol. The molecule has 0 radical (unpaired) electrons. The number of aromatic nitrogens is 1. The lowest BCUT2D eigenvalue weighted by Crippen LogP contribution is -2.38. The molecule has 0 atom stereocenters. The summed E-state index contributed by atoms with van der Waals surface area (Å²) in [6.45, 7) is 0.625. The third kappa shape index (κ3) is 2.64. The number of carbonyl (C=O) groups excluding carboxylic acids is 1. The van der Waals surface area contributed by atoms with Crippen LogP contribution in [0.4, 0.5) is 0 Å². The second kappa shape index (κ2) is 5.50. The molecule has 1 aliphatic carbocycles. The van der Waals surface area contributed by atoms with Crippen molar-refractivity contribution in [1.82, 2.24) is 10.3 Å². The number of fused-ring (bicyclic) bond motifs is 1. The molecule has 20 heavy (non-hydrogen) atoms. The summed E-state index contributed by atoms with van der Waals surface area (Å²) in [6, 6.07) is 3.87. The first-order chi connectivity index (χ1) is 9.54. The molecule has 1 amide bonds. The van der Waals surface area contributed by atoms with Gasteiger partial charge in [-0.25, -0.2) is 0 Å². The molecule has 0 aliphatic heterocycles. The van der Waals surface area contributed by atoms with Gasteiger partial charge in [0.25, 0.3) is 5.91 Å². The standard InChI is InChI=1S/C14H14Br2N2O2/c15-11-3-9-10(6-17-13(9)4-12(11)16)14(20)18-5-7-1-8(19)2-7/h3-4,6-8,17,19H,1-2,5H2,(H,18,20). The van der Waals surface area contributed by atoms with Crippen LogP contribution >= 0.6 is 31.9 Å². The average molecular weight is 402 g/mol. The molecule has 1 saturated carbocycles. The van der Waals surface area contributed by atoms with E-state index in [-0.39, 0.29) is 12.0 Å². The first kappa shape index (κ1) is 14.1. The maximum absolute atomic E-state index is 12.2. The first-order valence-corrected chi connectivity index (χ1v) is 8.05. The molecule has 3 rings (SSSR count). The molecule has 106 valence electrons. The quantitative estimate of drug-likeness (QED) is 0.739. The van der Waals surface area contributed by atoms with E-state index in [4.69, 9.17) is 0 Å². The highest BCUT2D eigenvalue weighted by Gasteiger charge is 2.27. The SMILES string of the molecule is O=C(NCC1CC(O)C1)c1c[nH]c2cc(Br)c(Br)cc12. The van der Waals surface area contributed by atoms with Crippen LogP contribution in [0.2, 0.25) is 0 Å². The molecule has 1 aliphatic rings. The van der Waals surface area contributed by atoms with Gasteiger partial charge in [0, 0.05) is 32.6 Å². The van der Waals surface area contributed by atoms with Gasteiger partial charge in [-0.3, -0.25) is 4.79 Å². The molecule has 0 saturated heterocycles. The Labute approximate surface area is 133 Å². The third-order valence-corrected chi connectivity index (χ3v) is 5.57. The Kier molecular flexibility index (Phi) is 3.88. The minimum Gasteiger partial charge on any atom is -0.393 e. The van der Waals surface area contributed by atoms with Crippen molar-refractivity contribution < 1.29 is 9.90 Å². The third-order valence-electron chi connectivity index (χ3n) is 3.73. The molecule has 1 aromatic carbocycles. The van der Waals surface area contributed by atoms with Crippen LogP contribution in [0.1, 0.15) is 23.2 Å². The molecule has 1 aromatic heterocycles. The van der Waals surface area contributed by atoms with Crippen LogP contribution < -0.4 is 5.32 Å². The number of H-pyrrole nitrogens is 1. The summed E-state index contributed by atoms with van der Waals surface area (Å²) in [6.07, 6.45) is 3.12. The molecular formula is C14H14Br2N2O2. The molecule has 2 aromatic rings. The van der Waals surface area contributed by atoms with E-state index in [0.29, 0.717) is 18.0 Å². The van der Waals surface area contributed by atoms with Gasteiger partial charge < -0.3 is 15.4 Å². The van der Waals surface area contributed by atoms with Crippen molar-refractivity contribution in [3.05, 3.63) is 32.8 Å². The van der Waals surface area contributed by atoms with Crippen molar-refractivity contribution in [2.24, 2.45) is 5.92 Å². The van der Waals surface area contributed by atoms with Gasteiger partial charge in [-0.2, -0.15) is 0 Å². The number of benzene rings is 1. The van der Waals surface area contributed by atoms with Crippen molar-refractivity contribution in [3.63, 3.8) is 0 Å². The number of aliphatic hydroxyl groups excluding tert-OH is 1. The van der Waals surface area contributed by atoms with Crippen LogP contribution in [-0.2, 0) is 0 Å². The van der Waals surface area contributed by atoms with Gasteiger partial charge in [-0.1, -0.05) is 0 Å². The second-order valence-electron chi connectivity index (χ2n) is 5.22. The molecule has 4 nitrogen and oxygen atoms in total. The fourth-order valence-corrected chi connectivity index (χ4v) is 3.19. The zero-order chi connectivity index (χ0) is 14.3. The maximum Gasteiger partial charge on any atom is 0.253 e. The number of halogens is 2. The summed E-state index contributed by atoms with van der Waals surface area (Å²) in [5, 5.41) is 13.1. The van der Waals surface area contributed by atoms with Gasteiger partial charge in [0.2, 0.25) is 0 Å². The highest BCUT2D eigenvalue weighted by Crippen LogP contribution is 2.30. The number of aliphatic hydroxyl groups is 1. The predicted octanol–water partition coefficient (Wildman–Crippen LogP) is 3.19. The minimum absolute atomic E-state index is 0.0770. The Morgan fingerprint density at radius 1 is 1.35 bits per heavy atom. The van der Waals surface area contributed by atoms with E-state index < -0.39 is 0 Å². The van der Waals surface area contributed by atoms with Crippen LogP contribution in [0.25, 0.3) is 10.9 Å². The highest BCUT2D eigenvalue weighted by molar-refractivity contribution is 9.13. The molecule has 0 bridgehead atoms. The van der Waals surface area contributed by atoms with Crippen molar-refractivity contribution in [1.29, 1.82) is 0 Å². The van der Waals surface area contributed by atoms with E-state index in [0.717, 1.165) is 32.7 Å². The lowest BCUT2D eigenvalue weighted by Gasteiger charge is -2.31. The summed E-state index contributed by atoms with van der Waals surface area (Å²) >= 11 is 6.90. The van der Waals surface area contributed by atoms with E-state index in [1.165, 1.54) is 0 Å². The predicted molar refractivity (Wildman–Crippen MR) is 84.8 cm³/mol. The smallest absolute Gasteiger partial charge is 0.253 e. The van der Waals surface area contributed by atoms with Crippen LogP contribution in [0.3, 0.4) is 0 Å². The van der Waals surface area contributed by atoms with E-state index in [2.05, 4.69) is 42.2 Å². The number of hydrogen-bond acceptors (Lipinski definition) is 2. The van der Waals surface area contributed by atoms with Gasteiger partial charge in [0.05, 0.1) is 11.7 Å². The molecule has 0 unspecified atom stereocenters. The average Bonchev–Trinajstić information content (AvgIpc) is 2.76. The van der Waals surface area contributed by atoms with Crippen molar-refractivity contribution in [2.75, 3.05) is 6.54 Å². The molecule has 0 spiro atoms. The van der Waals surface area contributed by atoms with Crippen molar-refractivity contribution >= 4 is 48.7 Å². The van der Waals surface area contributed by atoms with Crippen LogP contribution in [-0.4, -0.2) is 28.6 Å². The minimum atomic E-state index is -0.182. The van der Waals surface area contributed by atoms with Gasteiger partial charge in [0.15, 0.2) is 0 Å². The summed E-state index contributed by atoms with van der Waals surface area (Å²) in [7, 11) is 0. The van der Waals surface area contributed by atoms with E-state index in [1.54, 1.807) is 6.20 Å². The van der Waals surface area contributed by atoms with Crippen molar-refractivity contribution in [2.45, 2.75) is 18.9 Å². The lowest BCUT2D eigenvalue weighted by molar-refractivity contribution is 0.0420. The zero-order valence-corrected chi connectivity index (χ0v) is 13.8. The second-order valence-corrected chi connectivity index (χ2v) is 6.92. The Morgan fingerprint density at radius 3 is 2.75 bits per heavy atom. The zero-order valence-electron chi connectivity index (χ0n) is 10.6. The topological polar surface area (TPSA) is 65.1 Å². The Hall–Kier alpha value is -0.850. The van der Waals surface area contributed by atoms with Crippen LogP contribution in [0.15, 0.2) is 27.3 Å². The Morgan fingerprint density at radius 2 is 2.05 bits per heavy atom. The van der Waals surface area contributed by atoms with Gasteiger partial charge in [-0.15, -0.1) is 0 Å². The van der Waals surface area contributed by atoms with Crippen LogP contribution in [0.5, 0.6) is 0 Å². The van der Waals surface area contributed by atoms with Crippen molar-refractivity contribution in [3.8, 4) is 0 Å². The number of rotatable bonds is 3. The van der Waals surface area contributed by atoms with Gasteiger partial charge in [-0.05, 0) is 62.8 Å². The first-order valence-electron chi connectivity index (χ1n) is 6.47. The molecule has 3 N–H and O–H groups in total. The van der Waals surface area contributed by atoms with E-state index in [1.807, 2.05) is 12.1 Å². The molecule has 1 heterocycles. The maximum atomic E-state index is 12.2. The van der Waals surface area contributed by atoms with Gasteiger partial charge in [0.1, 0.15) is 0 Å². The lowest BCUT2D eigenvalue weighted by atomic mass is 9.82. The number of aromatic amines is 1. The fourth-order valence-electron chi connectivity index (χ4n) is 2.50. The molecule has 1 fully saturated rings. The normalized spacial score (nSPS) is 21.8. The number of carbonyl (C=O) groups is 1. The summed E-state index contributed by atoms with van der Waals surface area (Å²) in [5.41, 5.74) is 1.57. The summed E-state index contributed by atoms with van der Waals surface area (Å²) in [5.74, 6) is 0.326. The summed E-state index contributed by atoms with van der Waals surface area (Å²) < 4.78 is 1.86. The van der Waals surface area contributed by atoms with Crippen LogP contribution in [0, 0.1) is 5.92 Å². The summed E-state index contributed by atoms with van der Waals surface area (Å²) in [4.78, 5) is 15.3. The number of amides is 1. The highest BCUT2D eigenvalue weighted by atomic mass is 79.9.